The molecule has 1 aliphatic heterocycles. The van der Waals surface area contributed by atoms with E-state index in [0.717, 1.165) is 29.9 Å². The molecule has 1 atom stereocenters. The molecule has 5 heteroatoms. The average molecular weight is 288 g/mol. The number of fused-ring (bicyclic) bond motifs is 1. The fraction of sp³-hybridized carbons (Fsp3) is 0.500. The molecule has 1 aromatic heterocycles. The van der Waals surface area contributed by atoms with E-state index >= 15 is 0 Å². The summed E-state index contributed by atoms with van der Waals surface area (Å²) in [7, 11) is 0. The summed E-state index contributed by atoms with van der Waals surface area (Å²) in [6, 6.07) is 5.16. The van der Waals surface area contributed by atoms with Crippen LogP contribution in [-0.4, -0.2) is 33.8 Å². The molecule has 1 N–H and O–H groups in total. The molecular weight excluding hydrogens is 268 g/mol. The van der Waals surface area contributed by atoms with Gasteiger partial charge in [0.05, 0.1) is 28.7 Å². The Morgan fingerprint density at radius 2 is 2.24 bits per heavy atom. The minimum absolute atomic E-state index is 0.112. The predicted molar refractivity (Wildman–Crippen MR) is 79.9 cm³/mol. The first-order valence-electron chi connectivity index (χ1n) is 7.26. The predicted octanol–water partition coefficient (Wildman–Crippen LogP) is 2.99. The van der Waals surface area contributed by atoms with Gasteiger partial charge in [-0.15, -0.1) is 0 Å². The highest BCUT2D eigenvalue weighted by Gasteiger charge is 2.35. The molecule has 0 aliphatic carbocycles. The molecule has 5 nitrogen and oxygen atoms in total. The van der Waals surface area contributed by atoms with Crippen LogP contribution in [0.1, 0.15) is 49.3 Å². The van der Waals surface area contributed by atoms with Gasteiger partial charge in [-0.1, -0.05) is 13.8 Å². The van der Waals surface area contributed by atoms with Crippen LogP contribution in [0.5, 0.6) is 0 Å². The van der Waals surface area contributed by atoms with Crippen LogP contribution in [0.3, 0.4) is 0 Å². The fourth-order valence-corrected chi connectivity index (χ4v) is 3.02. The Morgan fingerprint density at radius 3 is 2.81 bits per heavy atom. The molecule has 0 bridgehead atoms. The van der Waals surface area contributed by atoms with Crippen LogP contribution >= 0.6 is 0 Å². The highest BCUT2D eigenvalue weighted by Crippen LogP contribution is 2.34. The zero-order valence-electron chi connectivity index (χ0n) is 12.6. The minimum Gasteiger partial charge on any atom is -0.478 e. The third-order valence-corrected chi connectivity index (χ3v) is 4.18. The maximum atomic E-state index is 11.1. The molecule has 0 spiro atoms. The molecule has 1 aliphatic rings. The van der Waals surface area contributed by atoms with Gasteiger partial charge in [-0.2, -0.15) is 0 Å². The van der Waals surface area contributed by atoms with Crippen molar-refractivity contribution < 1.29 is 14.6 Å². The standard InChI is InChI=1S/C16H20N2O3/c1-10(2)14-17-12-8-11(15(19)20)4-5-13(12)18(14)16(3)6-7-21-9-16/h4-5,8,10H,6-7,9H2,1-3H3,(H,19,20). The molecule has 3 rings (SSSR count). The fourth-order valence-electron chi connectivity index (χ4n) is 3.02. The quantitative estimate of drug-likeness (QED) is 0.943. The number of carbonyl (C=O) groups is 1. The van der Waals surface area contributed by atoms with Crippen LogP contribution in [-0.2, 0) is 10.3 Å². The average Bonchev–Trinajstić information content (AvgIpc) is 3.02. The summed E-state index contributed by atoms with van der Waals surface area (Å²) >= 11 is 0. The van der Waals surface area contributed by atoms with Crippen LogP contribution < -0.4 is 0 Å². The lowest BCUT2D eigenvalue weighted by molar-refractivity contribution is 0.0697. The number of benzene rings is 1. The molecule has 1 saturated heterocycles. The van der Waals surface area contributed by atoms with E-state index in [4.69, 9.17) is 9.84 Å². The van der Waals surface area contributed by atoms with Crippen LogP contribution in [0, 0.1) is 0 Å². The Hall–Kier alpha value is -1.88. The van der Waals surface area contributed by atoms with Gasteiger partial charge in [0.1, 0.15) is 5.82 Å². The normalized spacial score (nSPS) is 22.3. The molecule has 21 heavy (non-hydrogen) atoms. The number of hydrogen-bond donors (Lipinski definition) is 1. The largest absolute Gasteiger partial charge is 0.478 e. The van der Waals surface area contributed by atoms with Crippen molar-refractivity contribution in [2.45, 2.75) is 38.6 Å². The van der Waals surface area contributed by atoms with E-state index in [1.54, 1.807) is 12.1 Å². The zero-order chi connectivity index (χ0) is 15.2. The number of ether oxygens (including phenoxy) is 1. The molecule has 1 unspecified atom stereocenters. The molecule has 0 radical (unpaired) electrons. The van der Waals surface area contributed by atoms with Gasteiger partial charge < -0.3 is 14.4 Å². The first-order valence-corrected chi connectivity index (χ1v) is 7.26. The monoisotopic (exact) mass is 288 g/mol. The van der Waals surface area contributed by atoms with Gasteiger partial charge in [-0.3, -0.25) is 0 Å². The summed E-state index contributed by atoms with van der Waals surface area (Å²) in [5.41, 5.74) is 1.89. The van der Waals surface area contributed by atoms with Crippen LogP contribution in [0.25, 0.3) is 11.0 Å². The molecular formula is C16H20N2O3. The summed E-state index contributed by atoms with van der Waals surface area (Å²) in [5, 5.41) is 9.14. The molecule has 1 fully saturated rings. The second-order valence-electron chi connectivity index (χ2n) is 6.27. The molecule has 112 valence electrons. The minimum atomic E-state index is -0.923. The van der Waals surface area contributed by atoms with Crippen LogP contribution in [0.15, 0.2) is 18.2 Å². The Balaban J connectivity index is 2.25. The second kappa shape index (κ2) is 4.84. The first-order chi connectivity index (χ1) is 9.92. The van der Waals surface area contributed by atoms with Gasteiger partial charge in [0.2, 0.25) is 0 Å². The van der Waals surface area contributed by atoms with E-state index in [0.29, 0.717) is 6.61 Å². The SMILES string of the molecule is CC(C)c1nc2cc(C(=O)O)ccc2n1C1(C)CCOC1. The van der Waals surface area contributed by atoms with Crippen molar-refractivity contribution in [3.05, 3.63) is 29.6 Å². The molecule has 1 aromatic carbocycles. The van der Waals surface area contributed by atoms with Gasteiger partial charge in [0, 0.05) is 12.5 Å². The van der Waals surface area contributed by atoms with E-state index in [2.05, 4.69) is 30.3 Å². The summed E-state index contributed by atoms with van der Waals surface area (Å²) < 4.78 is 7.83. The van der Waals surface area contributed by atoms with E-state index in [-0.39, 0.29) is 17.0 Å². The van der Waals surface area contributed by atoms with Crippen molar-refractivity contribution >= 4 is 17.0 Å². The van der Waals surface area contributed by atoms with E-state index in [1.807, 2.05) is 6.07 Å². The van der Waals surface area contributed by atoms with Gasteiger partial charge in [-0.25, -0.2) is 9.78 Å². The number of aromatic carboxylic acids is 1. The Kier molecular flexibility index (Phi) is 3.24. The summed E-state index contributed by atoms with van der Waals surface area (Å²) in [6.07, 6.45) is 0.943. The van der Waals surface area contributed by atoms with Crippen molar-refractivity contribution in [3.63, 3.8) is 0 Å². The number of hydrogen-bond acceptors (Lipinski definition) is 3. The first kappa shape index (κ1) is 14.1. The van der Waals surface area contributed by atoms with Gasteiger partial charge in [0.25, 0.3) is 0 Å². The van der Waals surface area contributed by atoms with E-state index in [9.17, 15) is 4.79 Å². The van der Waals surface area contributed by atoms with Crippen molar-refractivity contribution in [1.29, 1.82) is 0 Å². The number of carboxylic acid groups (broad SMARTS) is 1. The maximum absolute atomic E-state index is 11.1. The highest BCUT2D eigenvalue weighted by molar-refractivity contribution is 5.92. The number of carboxylic acids is 1. The molecule has 2 aromatic rings. The third-order valence-electron chi connectivity index (χ3n) is 4.18. The number of imidazole rings is 1. The Bertz CT molecular complexity index is 697. The zero-order valence-corrected chi connectivity index (χ0v) is 12.6. The van der Waals surface area contributed by atoms with Crippen molar-refractivity contribution in [2.75, 3.05) is 13.2 Å². The van der Waals surface area contributed by atoms with Crippen LogP contribution in [0.2, 0.25) is 0 Å². The number of aromatic nitrogens is 2. The molecule has 0 saturated carbocycles. The topological polar surface area (TPSA) is 64.3 Å². The van der Waals surface area contributed by atoms with Crippen molar-refractivity contribution in [2.24, 2.45) is 0 Å². The highest BCUT2D eigenvalue weighted by atomic mass is 16.5. The Morgan fingerprint density at radius 1 is 1.48 bits per heavy atom. The number of rotatable bonds is 3. The lowest BCUT2D eigenvalue weighted by Crippen LogP contribution is -2.32. The van der Waals surface area contributed by atoms with Crippen molar-refractivity contribution in [3.8, 4) is 0 Å². The summed E-state index contributed by atoms with van der Waals surface area (Å²) in [6.45, 7) is 7.81. The van der Waals surface area contributed by atoms with E-state index in [1.165, 1.54) is 0 Å². The lowest BCUT2D eigenvalue weighted by Gasteiger charge is -2.28. The summed E-state index contributed by atoms with van der Waals surface area (Å²) in [4.78, 5) is 15.8. The summed E-state index contributed by atoms with van der Waals surface area (Å²) in [5.74, 6) is 0.330. The molecule has 0 amide bonds. The van der Waals surface area contributed by atoms with E-state index < -0.39 is 5.97 Å². The number of nitrogens with zero attached hydrogens (tertiary/aromatic N) is 2. The smallest absolute Gasteiger partial charge is 0.335 e. The van der Waals surface area contributed by atoms with Gasteiger partial charge >= 0.3 is 5.97 Å². The lowest BCUT2D eigenvalue weighted by atomic mass is 9.99. The Labute approximate surface area is 123 Å². The molecule has 2 heterocycles. The third kappa shape index (κ3) is 2.21. The van der Waals surface area contributed by atoms with Crippen LogP contribution in [0.4, 0.5) is 0 Å². The van der Waals surface area contributed by atoms with Gasteiger partial charge in [-0.05, 0) is 31.5 Å². The maximum Gasteiger partial charge on any atom is 0.335 e. The second-order valence-corrected chi connectivity index (χ2v) is 6.27. The van der Waals surface area contributed by atoms with Gasteiger partial charge in [0.15, 0.2) is 0 Å². The van der Waals surface area contributed by atoms with Crippen molar-refractivity contribution in [1.82, 2.24) is 9.55 Å².